The van der Waals surface area contributed by atoms with Crippen molar-refractivity contribution >= 4 is 48.9 Å². The zero-order chi connectivity index (χ0) is 0. The van der Waals surface area contributed by atoms with Gasteiger partial charge in [0, 0.05) is 26.2 Å². The fourth-order valence-electron chi connectivity index (χ4n) is 0. The topological polar surface area (TPSA) is 0 Å². The second kappa shape index (κ2) is 69.0. The van der Waals surface area contributed by atoms with Crippen molar-refractivity contribution < 1.29 is 68.2 Å². The third-order valence-corrected chi connectivity index (χ3v) is 0. The molecule has 0 saturated carbocycles. The molecule has 0 N–H and O–H groups in total. The maximum Gasteiger partial charge on any atom is 2.00 e. The standard InChI is InChI=1S/Ba.4FH.Li.Zr.3H/h;4*1H;;;;;/q+2;;;;;+1;;3*-1. The summed E-state index contributed by atoms with van der Waals surface area (Å²) in [4.78, 5) is 0. The molecule has 0 aromatic carbocycles. The van der Waals surface area contributed by atoms with Gasteiger partial charge in [0.15, 0.2) is 0 Å². The van der Waals surface area contributed by atoms with E-state index in [4.69, 9.17) is 0 Å². The molecule has 0 nitrogen and oxygen atoms in total. The van der Waals surface area contributed by atoms with E-state index in [-0.39, 0.29) is 117 Å². The normalized spacial score (nSPS) is 0. The molecule has 0 unspecified atom stereocenters. The molecule has 7 heteroatoms. The van der Waals surface area contributed by atoms with E-state index in [2.05, 4.69) is 0 Å². The van der Waals surface area contributed by atoms with Crippen LogP contribution >= 0.6 is 0 Å². The van der Waals surface area contributed by atoms with Gasteiger partial charge in [0.1, 0.15) is 0 Å². The Morgan fingerprint density at radius 1 is 0.714 bits per heavy atom. The number of rotatable bonds is 0. The van der Waals surface area contributed by atoms with Crippen molar-refractivity contribution in [3.63, 3.8) is 0 Å². The molecule has 0 radical (unpaired) electrons. The van der Waals surface area contributed by atoms with Gasteiger partial charge in [0.2, 0.25) is 0 Å². The molecule has 0 bridgehead atoms. The third kappa shape index (κ3) is 52.4. The number of halogens is 4. The first kappa shape index (κ1) is 97.9. The molecule has 0 fully saturated rings. The molecule has 0 amide bonds. The summed E-state index contributed by atoms with van der Waals surface area (Å²) in [6.45, 7) is 0. The minimum atomic E-state index is 0. The van der Waals surface area contributed by atoms with Crippen molar-refractivity contribution in [1.82, 2.24) is 0 Å². The molecule has 0 aromatic rings. The van der Waals surface area contributed by atoms with Gasteiger partial charge in [-0.05, 0) is 0 Å². The van der Waals surface area contributed by atoms with Crippen LogP contribution in [0.15, 0.2) is 0 Å². The number of hydrogen-bond donors (Lipinski definition) is 0. The van der Waals surface area contributed by atoms with Gasteiger partial charge in [-0.25, -0.2) is 0 Å². The van der Waals surface area contributed by atoms with Crippen LogP contribution in [0.5, 0.6) is 0 Å². The van der Waals surface area contributed by atoms with E-state index in [0.29, 0.717) is 0 Å². The van der Waals surface area contributed by atoms with Gasteiger partial charge in [-0.1, -0.05) is 0 Å². The maximum atomic E-state index is 0. The summed E-state index contributed by atoms with van der Waals surface area (Å²) < 4.78 is 0. The van der Waals surface area contributed by atoms with Crippen LogP contribution in [0.2, 0.25) is 0 Å². The fourth-order valence-corrected chi connectivity index (χ4v) is 0. The molecular weight excluding hydrogens is 311 g/mol. The Kier molecular flexibility index (Phi) is 964. The van der Waals surface area contributed by atoms with Gasteiger partial charge < -0.3 is 4.28 Å². The number of hydrogen-bond acceptors (Lipinski definition) is 0. The first-order chi connectivity index (χ1) is 0. The molecule has 0 atom stereocenters. The smallest absolute Gasteiger partial charge is 1.00 e. The molecule has 0 aliphatic heterocycles. The van der Waals surface area contributed by atoms with E-state index >= 15 is 0 Å². The molecule has 0 aromatic heterocycles. The summed E-state index contributed by atoms with van der Waals surface area (Å²) in [6.07, 6.45) is 0. The first-order valence-electron chi connectivity index (χ1n) is 0. The Labute approximate surface area is 115 Å². The Morgan fingerprint density at radius 2 is 0.714 bits per heavy atom. The second-order valence-electron chi connectivity index (χ2n) is 0. The molecule has 0 aliphatic rings. The summed E-state index contributed by atoms with van der Waals surface area (Å²) in [7, 11) is 0. The summed E-state index contributed by atoms with van der Waals surface area (Å²) >= 11 is 0. The Morgan fingerprint density at radius 3 is 0.714 bits per heavy atom. The van der Waals surface area contributed by atoms with Crippen molar-refractivity contribution in [3.05, 3.63) is 0 Å². The summed E-state index contributed by atoms with van der Waals surface area (Å²) in [5.74, 6) is 0. The largest absolute Gasteiger partial charge is 2.00 e. The van der Waals surface area contributed by atoms with Crippen LogP contribution in [-0.2, 0) is 26.2 Å². The van der Waals surface area contributed by atoms with Crippen LogP contribution in [0.1, 0.15) is 4.28 Å². The molecule has 7 heavy (non-hydrogen) atoms. The Balaban J connectivity index is 0. The Bertz CT molecular complexity index is 20.5. The van der Waals surface area contributed by atoms with Crippen LogP contribution < -0.4 is 18.9 Å². The van der Waals surface area contributed by atoms with E-state index in [9.17, 15) is 0 Å². The Hall–Kier alpha value is 2.77. The summed E-state index contributed by atoms with van der Waals surface area (Å²) in [6, 6.07) is 0. The summed E-state index contributed by atoms with van der Waals surface area (Å²) in [5.41, 5.74) is 0. The van der Waals surface area contributed by atoms with Crippen LogP contribution in [0.4, 0.5) is 18.8 Å². The molecule has 0 heterocycles. The SMILES string of the molecule is F.F.F.F.[Ba+2].[H-].[H-].[H-].[Li+].[Zr]. The van der Waals surface area contributed by atoms with Crippen LogP contribution in [0, 0.1) is 0 Å². The third-order valence-electron chi connectivity index (χ3n) is 0. The summed E-state index contributed by atoms with van der Waals surface area (Å²) in [5, 5.41) is 0. The van der Waals surface area contributed by atoms with Crippen LogP contribution in [0.3, 0.4) is 0 Å². The molecule has 0 aliphatic carbocycles. The monoisotopic (exact) mass is 318 g/mol. The molecule has 42 valence electrons. The van der Waals surface area contributed by atoms with E-state index < -0.39 is 0 Å². The van der Waals surface area contributed by atoms with Gasteiger partial charge >= 0.3 is 67.7 Å². The second-order valence-corrected chi connectivity index (χ2v) is 0. The minimum Gasteiger partial charge on any atom is -1.00 e. The van der Waals surface area contributed by atoms with Crippen molar-refractivity contribution in [2.45, 2.75) is 0 Å². The average Bonchev–Trinajstić information content (AvgIpc) is 0. The van der Waals surface area contributed by atoms with Gasteiger partial charge in [0.25, 0.3) is 0 Å². The quantitative estimate of drug-likeness (QED) is 0.344. The van der Waals surface area contributed by atoms with Gasteiger partial charge in [0.05, 0.1) is 0 Å². The predicted molar refractivity (Wildman–Crippen MR) is 19.1 cm³/mol. The predicted octanol–water partition coefficient (Wildman–Crippen LogP) is -2.43. The van der Waals surface area contributed by atoms with Crippen molar-refractivity contribution in [1.29, 1.82) is 0 Å². The van der Waals surface area contributed by atoms with E-state index in [1.165, 1.54) is 0 Å². The van der Waals surface area contributed by atoms with E-state index in [1.54, 1.807) is 0 Å². The zero-order valence-electron chi connectivity index (χ0n) is 6.84. The molecule has 0 rings (SSSR count). The van der Waals surface area contributed by atoms with Crippen LogP contribution in [-0.4, -0.2) is 48.9 Å². The van der Waals surface area contributed by atoms with Crippen LogP contribution in [0.25, 0.3) is 0 Å². The molecule has 0 spiro atoms. The average molecular weight is 319 g/mol. The minimum absolute atomic E-state index is 0. The van der Waals surface area contributed by atoms with Crippen molar-refractivity contribution in [2.75, 3.05) is 0 Å². The fraction of sp³-hybridized carbons (Fsp3) is 0. The van der Waals surface area contributed by atoms with Crippen molar-refractivity contribution in [2.24, 2.45) is 0 Å². The van der Waals surface area contributed by atoms with Gasteiger partial charge in [-0.15, -0.1) is 0 Å². The van der Waals surface area contributed by atoms with Gasteiger partial charge in [-0.2, -0.15) is 0 Å². The molecule has 0 saturated heterocycles. The van der Waals surface area contributed by atoms with E-state index in [1.807, 2.05) is 0 Å². The van der Waals surface area contributed by atoms with Crippen molar-refractivity contribution in [3.8, 4) is 0 Å². The molecular formula is H7BaF4LiZr. The first-order valence-corrected chi connectivity index (χ1v) is 0. The maximum absolute atomic E-state index is 0. The zero-order valence-corrected chi connectivity index (χ0v) is 10.7. The van der Waals surface area contributed by atoms with Gasteiger partial charge in [-0.3, -0.25) is 18.8 Å². The van der Waals surface area contributed by atoms with E-state index in [0.717, 1.165) is 0 Å².